The summed E-state index contributed by atoms with van der Waals surface area (Å²) in [5.41, 5.74) is 0. The van der Waals surface area contributed by atoms with Gasteiger partial charge in [0.25, 0.3) is 0 Å². The highest BCUT2D eigenvalue weighted by Gasteiger charge is 2.32. The number of nitrogens with one attached hydrogen (secondary N) is 1. The molecule has 1 aliphatic rings. The lowest BCUT2D eigenvalue weighted by atomic mass is 9.93. The Balaban J connectivity index is 2.43. The highest BCUT2D eigenvalue weighted by Crippen LogP contribution is 2.33. The number of aliphatic carboxylic acids is 1. The van der Waals surface area contributed by atoms with Crippen LogP contribution in [0.5, 0.6) is 0 Å². The van der Waals surface area contributed by atoms with Gasteiger partial charge in [-0.05, 0) is 31.6 Å². The largest absolute Gasteiger partial charge is 0.480 e. The van der Waals surface area contributed by atoms with Crippen molar-refractivity contribution in [2.75, 3.05) is 0 Å². The lowest BCUT2D eigenvalue weighted by Crippen LogP contribution is -2.43. The number of carboxylic acid groups (broad SMARTS) is 1. The molecule has 0 heterocycles. The Hall–Kier alpha value is -0.570. The van der Waals surface area contributed by atoms with Gasteiger partial charge in [-0.1, -0.05) is 20.3 Å². The van der Waals surface area contributed by atoms with Crippen LogP contribution in [0.3, 0.4) is 0 Å². The maximum atomic E-state index is 10.7. The minimum Gasteiger partial charge on any atom is -0.480 e. The van der Waals surface area contributed by atoms with Gasteiger partial charge >= 0.3 is 5.97 Å². The summed E-state index contributed by atoms with van der Waals surface area (Å²) in [6, 6.07) is -0.0240. The Bertz CT molecular complexity index is 205. The summed E-state index contributed by atoms with van der Waals surface area (Å²) in [7, 11) is 0. The number of hydrogen-bond donors (Lipinski definition) is 2. The molecule has 0 radical (unpaired) electrons. The first-order valence-electron chi connectivity index (χ1n) is 5.55. The average molecular weight is 199 g/mol. The fourth-order valence-corrected chi connectivity index (χ4v) is 2.45. The summed E-state index contributed by atoms with van der Waals surface area (Å²) in [5, 5.41) is 12.0. The highest BCUT2D eigenvalue weighted by atomic mass is 16.4. The third-order valence-electron chi connectivity index (χ3n) is 3.59. The van der Waals surface area contributed by atoms with Crippen molar-refractivity contribution in [1.82, 2.24) is 5.32 Å². The van der Waals surface area contributed by atoms with Crippen molar-refractivity contribution in [2.45, 2.75) is 52.1 Å². The second-order valence-electron chi connectivity index (χ2n) is 4.44. The summed E-state index contributed by atoms with van der Waals surface area (Å²) < 4.78 is 0. The van der Waals surface area contributed by atoms with Gasteiger partial charge in [-0.2, -0.15) is 0 Å². The van der Waals surface area contributed by atoms with E-state index in [-0.39, 0.29) is 0 Å². The van der Waals surface area contributed by atoms with Gasteiger partial charge in [0.05, 0.1) is 0 Å². The molecule has 1 fully saturated rings. The van der Waals surface area contributed by atoms with Crippen LogP contribution in [0.25, 0.3) is 0 Å². The zero-order valence-electron chi connectivity index (χ0n) is 9.29. The SMILES string of the molecule is CCC1CCC(NC(C)C(=O)O)C1C. The fraction of sp³-hybridized carbons (Fsp3) is 0.909. The van der Waals surface area contributed by atoms with E-state index in [0.29, 0.717) is 12.0 Å². The molecule has 1 aliphatic carbocycles. The first kappa shape index (κ1) is 11.5. The van der Waals surface area contributed by atoms with Gasteiger partial charge in [0.15, 0.2) is 0 Å². The zero-order valence-corrected chi connectivity index (χ0v) is 9.29. The maximum Gasteiger partial charge on any atom is 0.320 e. The molecule has 82 valence electrons. The molecule has 1 saturated carbocycles. The number of carbonyl (C=O) groups is 1. The molecule has 0 aromatic rings. The zero-order chi connectivity index (χ0) is 10.7. The molecule has 0 spiro atoms. The molecule has 2 N–H and O–H groups in total. The lowest BCUT2D eigenvalue weighted by molar-refractivity contribution is -0.139. The Morgan fingerprint density at radius 1 is 1.57 bits per heavy atom. The topological polar surface area (TPSA) is 49.3 Å². The van der Waals surface area contributed by atoms with E-state index < -0.39 is 12.0 Å². The molecular weight excluding hydrogens is 178 g/mol. The van der Waals surface area contributed by atoms with E-state index in [1.54, 1.807) is 6.92 Å². The van der Waals surface area contributed by atoms with Gasteiger partial charge in [-0.25, -0.2) is 0 Å². The van der Waals surface area contributed by atoms with E-state index in [0.717, 1.165) is 12.3 Å². The molecule has 0 aromatic heterocycles. The number of carboxylic acids is 1. The van der Waals surface area contributed by atoms with Crippen LogP contribution in [-0.4, -0.2) is 23.2 Å². The standard InChI is InChI=1S/C11H21NO2/c1-4-9-5-6-10(7(9)2)12-8(3)11(13)14/h7-10,12H,4-6H2,1-3H3,(H,13,14). The minimum absolute atomic E-state index is 0.394. The summed E-state index contributed by atoms with van der Waals surface area (Å²) >= 11 is 0. The molecular formula is C11H21NO2. The van der Waals surface area contributed by atoms with Gasteiger partial charge in [0, 0.05) is 6.04 Å². The number of hydrogen-bond acceptors (Lipinski definition) is 2. The van der Waals surface area contributed by atoms with E-state index >= 15 is 0 Å². The maximum absolute atomic E-state index is 10.7. The van der Waals surface area contributed by atoms with Crippen LogP contribution in [0.2, 0.25) is 0 Å². The van der Waals surface area contributed by atoms with Crippen molar-refractivity contribution in [3.8, 4) is 0 Å². The van der Waals surface area contributed by atoms with Crippen LogP contribution in [0, 0.1) is 11.8 Å². The minimum atomic E-state index is -0.753. The predicted octanol–water partition coefficient (Wildman–Crippen LogP) is 1.87. The summed E-state index contributed by atoms with van der Waals surface area (Å²) in [6.45, 7) is 6.16. The monoisotopic (exact) mass is 199 g/mol. The van der Waals surface area contributed by atoms with Crippen molar-refractivity contribution in [1.29, 1.82) is 0 Å². The fourth-order valence-electron chi connectivity index (χ4n) is 2.45. The van der Waals surface area contributed by atoms with E-state index in [4.69, 9.17) is 5.11 Å². The molecule has 0 aliphatic heterocycles. The second kappa shape index (κ2) is 4.78. The van der Waals surface area contributed by atoms with Crippen molar-refractivity contribution in [3.63, 3.8) is 0 Å². The molecule has 14 heavy (non-hydrogen) atoms. The first-order chi connectivity index (χ1) is 6.56. The highest BCUT2D eigenvalue weighted by molar-refractivity contribution is 5.72. The van der Waals surface area contributed by atoms with Crippen LogP contribution >= 0.6 is 0 Å². The molecule has 0 amide bonds. The Morgan fingerprint density at radius 3 is 2.64 bits per heavy atom. The van der Waals surface area contributed by atoms with Gasteiger partial charge in [0.1, 0.15) is 6.04 Å². The second-order valence-corrected chi connectivity index (χ2v) is 4.44. The van der Waals surface area contributed by atoms with E-state index in [2.05, 4.69) is 19.2 Å². The Labute approximate surface area is 85.9 Å². The predicted molar refractivity (Wildman–Crippen MR) is 56.2 cm³/mol. The molecule has 0 bridgehead atoms. The first-order valence-corrected chi connectivity index (χ1v) is 5.55. The van der Waals surface area contributed by atoms with Crippen LogP contribution in [0.4, 0.5) is 0 Å². The lowest BCUT2D eigenvalue weighted by Gasteiger charge is -2.23. The normalized spacial score (nSPS) is 34.4. The summed E-state index contributed by atoms with van der Waals surface area (Å²) in [5.74, 6) is 0.632. The third kappa shape index (κ3) is 2.47. The van der Waals surface area contributed by atoms with Crippen LogP contribution < -0.4 is 5.32 Å². The van der Waals surface area contributed by atoms with Crippen LogP contribution in [0.15, 0.2) is 0 Å². The molecule has 3 nitrogen and oxygen atoms in total. The molecule has 0 aromatic carbocycles. The van der Waals surface area contributed by atoms with E-state index in [9.17, 15) is 4.79 Å². The van der Waals surface area contributed by atoms with Crippen LogP contribution in [0.1, 0.15) is 40.0 Å². The van der Waals surface area contributed by atoms with Gasteiger partial charge in [-0.3, -0.25) is 4.79 Å². The van der Waals surface area contributed by atoms with E-state index in [1.807, 2.05) is 0 Å². The van der Waals surface area contributed by atoms with Gasteiger partial charge in [-0.15, -0.1) is 0 Å². The average Bonchev–Trinajstić information content (AvgIpc) is 2.47. The van der Waals surface area contributed by atoms with E-state index in [1.165, 1.54) is 12.8 Å². The Kier molecular flexibility index (Phi) is 3.93. The molecule has 4 atom stereocenters. The number of rotatable bonds is 4. The molecule has 0 saturated heterocycles. The van der Waals surface area contributed by atoms with Crippen molar-refractivity contribution >= 4 is 5.97 Å². The molecule has 4 unspecified atom stereocenters. The van der Waals surface area contributed by atoms with Crippen molar-refractivity contribution < 1.29 is 9.90 Å². The molecule has 3 heteroatoms. The third-order valence-corrected chi connectivity index (χ3v) is 3.59. The quantitative estimate of drug-likeness (QED) is 0.726. The van der Waals surface area contributed by atoms with Crippen LogP contribution in [-0.2, 0) is 4.79 Å². The van der Waals surface area contributed by atoms with Gasteiger partial charge in [0.2, 0.25) is 0 Å². The smallest absolute Gasteiger partial charge is 0.320 e. The van der Waals surface area contributed by atoms with Crippen molar-refractivity contribution in [3.05, 3.63) is 0 Å². The van der Waals surface area contributed by atoms with Gasteiger partial charge < -0.3 is 10.4 Å². The van der Waals surface area contributed by atoms with Crippen molar-refractivity contribution in [2.24, 2.45) is 11.8 Å². The Morgan fingerprint density at radius 2 is 2.21 bits per heavy atom. The summed E-state index contributed by atoms with van der Waals surface area (Å²) in [6.07, 6.45) is 3.57. The summed E-state index contributed by atoms with van der Waals surface area (Å²) in [4.78, 5) is 10.7. The molecule has 1 rings (SSSR count).